The van der Waals surface area contributed by atoms with Crippen molar-refractivity contribution in [3.63, 3.8) is 0 Å². The van der Waals surface area contributed by atoms with Gasteiger partial charge in [0, 0.05) is 11.8 Å². The zero-order valence-electron chi connectivity index (χ0n) is 14.1. The zero-order chi connectivity index (χ0) is 18.0. The van der Waals surface area contributed by atoms with Crippen molar-refractivity contribution in [2.24, 2.45) is 0 Å². The molecule has 2 atom stereocenters. The Morgan fingerprint density at radius 3 is 2.44 bits per heavy atom. The first-order valence-electron chi connectivity index (χ1n) is 8.23. The number of amides is 3. The van der Waals surface area contributed by atoms with E-state index < -0.39 is 5.91 Å². The predicted octanol–water partition coefficient (Wildman–Crippen LogP) is 2.01. The SMILES string of the molecule is CC[C@H]1S[C@H](CC)C(=O)N(CC(=O)Nc2ccc3c(c2)OCO3)C1=O. The molecule has 1 aromatic rings. The summed E-state index contributed by atoms with van der Waals surface area (Å²) in [6.45, 7) is 3.68. The number of nitrogens with one attached hydrogen (secondary N) is 1. The van der Waals surface area contributed by atoms with E-state index in [1.165, 1.54) is 11.8 Å². The van der Waals surface area contributed by atoms with Crippen molar-refractivity contribution in [3.05, 3.63) is 18.2 Å². The maximum atomic E-state index is 12.4. The molecule has 1 aromatic carbocycles. The van der Waals surface area contributed by atoms with Crippen molar-refractivity contribution in [1.29, 1.82) is 0 Å². The Balaban J connectivity index is 1.68. The third-order valence-electron chi connectivity index (χ3n) is 4.11. The molecule has 2 aliphatic rings. The van der Waals surface area contributed by atoms with Crippen LogP contribution in [0.25, 0.3) is 0 Å². The van der Waals surface area contributed by atoms with E-state index in [4.69, 9.17) is 9.47 Å². The van der Waals surface area contributed by atoms with Crippen LogP contribution in [-0.2, 0) is 14.4 Å². The number of ether oxygens (including phenoxy) is 2. The quantitative estimate of drug-likeness (QED) is 0.805. The lowest BCUT2D eigenvalue weighted by molar-refractivity contribution is -0.147. The summed E-state index contributed by atoms with van der Waals surface area (Å²) in [6, 6.07) is 5.04. The Kier molecular flexibility index (Phi) is 5.17. The topological polar surface area (TPSA) is 84.9 Å². The molecule has 1 fully saturated rings. The second kappa shape index (κ2) is 7.35. The number of hydrogen-bond acceptors (Lipinski definition) is 6. The van der Waals surface area contributed by atoms with Gasteiger partial charge in [0.05, 0.1) is 10.5 Å². The Morgan fingerprint density at radius 2 is 1.80 bits per heavy atom. The first-order chi connectivity index (χ1) is 12.0. The van der Waals surface area contributed by atoms with Crippen molar-refractivity contribution >= 4 is 35.2 Å². The number of benzene rings is 1. The molecule has 0 aliphatic carbocycles. The highest BCUT2D eigenvalue weighted by molar-refractivity contribution is 8.02. The maximum absolute atomic E-state index is 12.4. The van der Waals surface area contributed by atoms with E-state index in [9.17, 15) is 14.4 Å². The van der Waals surface area contributed by atoms with Crippen molar-refractivity contribution < 1.29 is 23.9 Å². The summed E-state index contributed by atoms with van der Waals surface area (Å²) in [5.74, 6) is 0.174. The Labute approximate surface area is 150 Å². The predicted molar refractivity (Wildman–Crippen MR) is 93.7 cm³/mol. The molecule has 8 heteroatoms. The van der Waals surface area contributed by atoms with Gasteiger partial charge in [-0.2, -0.15) is 0 Å². The number of nitrogens with zero attached hydrogens (tertiary/aromatic N) is 1. The average Bonchev–Trinajstić information content (AvgIpc) is 3.06. The van der Waals surface area contributed by atoms with Crippen LogP contribution < -0.4 is 14.8 Å². The van der Waals surface area contributed by atoms with E-state index in [1.807, 2.05) is 13.8 Å². The summed E-state index contributed by atoms with van der Waals surface area (Å²) in [4.78, 5) is 38.3. The molecule has 1 saturated heterocycles. The van der Waals surface area contributed by atoms with Gasteiger partial charge < -0.3 is 14.8 Å². The van der Waals surface area contributed by atoms with Crippen LogP contribution in [0.5, 0.6) is 11.5 Å². The summed E-state index contributed by atoms with van der Waals surface area (Å²) in [5, 5.41) is 2.14. The maximum Gasteiger partial charge on any atom is 0.244 e. The molecule has 0 radical (unpaired) electrons. The van der Waals surface area contributed by atoms with Gasteiger partial charge >= 0.3 is 0 Å². The van der Waals surface area contributed by atoms with Gasteiger partial charge in [-0.05, 0) is 25.0 Å². The molecule has 2 heterocycles. The number of hydrogen-bond donors (Lipinski definition) is 1. The van der Waals surface area contributed by atoms with Gasteiger partial charge in [-0.1, -0.05) is 13.8 Å². The van der Waals surface area contributed by atoms with Gasteiger partial charge in [0.1, 0.15) is 6.54 Å². The van der Waals surface area contributed by atoms with Crippen molar-refractivity contribution in [3.8, 4) is 11.5 Å². The number of fused-ring (bicyclic) bond motifs is 1. The number of carbonyl (C=O) groups is 3. The number of anilines is 1. The van der Waals surface area contributed by atoms with Crippen LogP contribution in [0, 0.1) is 0 Å². The third kappa shape index (κ3) is 3.58. The van der Waals surface area contributed by atoms with Gasteiger partial charge in [0.15, 0.2) is 11.5 Å². The van der Waals surface area contributed by atoms with Crippen LogP contribution in [0.4, 0.5) is 5.69 Å². The van der Waals surface area contributed by atoms with E-state index in [2.05, 4.69) is 5.32 Å². The molecule has 7 nitrogen and oxygen atoms in total. The Morgan fingerprint density at radius 1 is 1.16 bits per heavy atom. The minimum absolute atomic E-state index is 0.151. The fraction of sp³-hybridized carbons (Fsp3) is 0.471. The molecule has 3 amide bonds. The summed E-state index contributed by atoms with van der Waals surface area (Å²) in [7, 11) is 0. The zero-order valence-corrected chi connectivity index (χ0v) is 14.9. The molecule has 0 bridgehead atoms. The molecule has 1 N–H and O–H groups in total. The molecular formula is C17H20N2O5S. The molecule has 0 unspecified atom stereocenters. The minimum Gasteiger partial charge on any atom is -0.454 e. The summed E-state index contributed by atoms with van der Waals surface area (Å²) in [6.07, 6.45) is 1.27. The Bertz CT molecular complexity index is 686. The lowest BCUT2D eigenvalue weighted by Crippen LogP contribution is -2.53. The molecular weight excluding hydrogens is 344 g/mol. The molecule has 0 aromatic heterocycles. The monoisotopic (exact) mass is 364 g/mol. The summed E-state index contributed by atoms with van der Waals surface area (Å²) < 4.78 is 10.5. The number of carbonyl (C=O) groups excluding carboxylic acids is 3. The van der Waals surface area contributed by atoms with Gasteiger partial charge in [-0.15, -0.1) is 11.8 Å². The van der Waals surface area contributed by atoms with Crippen LogP contribution in [0.15, 0.2) is 18.2 Å². The third-order valence-corrected chi connectivity index (χ3v) is 5.84. The van der Waals surface area contributed by atoms with Gasteiger partial charge in [0.2, 0.25) is 24.5 Å². The number of rotatable bonds is 5. The first kappa shape index (κ1) is 17.6. The van der Waals surface area contributed by atoms with E-state index >= 15 is 0 Å². The Hall–Kier alpha value is -2.22. The fourth-order valence-corrected chi connectivity index (χ4v) is 4.06. The van der Waals surface area contributed by atoms with Gasteiger partial charge in [-0.3, -0.25) is 19.3 Å². The lowest BCUT2D eigenvalue weighted by Gasteiger charge is -2.34. The van der Waals surface area contributed by atoms with Crippen molar-refractivity contribution in [1.82, 2.24) is 4.90 Å². The highest BCUT2D eigenvalue weighted by atomic mass is 32.2. The molecule has 25 heavy (non-hydrogen) atoms. The van der Waals surface area contributed by atoms with Gasteiger partial charge in [0.25, 0.3) is 0 Å². The molecule has 2 aliphatic heterocycles. The second-order valence-corrected chi connectivity index (χ2v) is 7.22. The summed E-state index contributed by atoms with van der Waals surface area (Å²) >= 11 is 1.39. The normalized spacial score (nSPS) is 22.2. The van der Waals surface area contributed by atoms with Crippen LogP contribution in [-0.4, -0.2) is 46.5 Å². The van der Waals surface area contributed by atoms with Gasteiger partial charge in [-0.25, -0.2) is 0 Å². The number of imide groups is 1. The largest absolute Gasteiger partial charge is 0.454 e. The fourth-order valence-electron chi connectivity index (χ4n) is 2.79. The van der Waals surface area contributed by atoms with Crippen LogP contribution in [0.1, 0.15) is 26.7 Å². The molecule has 134 valence electrons. The standard InChI is InChI=1S/C17H20N2O5S/c1-3-13-16(21)19(17(22)14(4-2)25-13)8-15(20)18-10-5-6-11-12(7-10)24-9-23-11/h5-7,13-14H,3-4,8-9H2,1-2H3,(H,18,20)/t13-,14-/m1/s1. The molecule has 3 rings (SSSR count). The van der Waals surface area contributed by atoms with Crippen LogP contribution in [0.2, 0.25) is 0 Å². The van der Waals surface area contributed by atoms with E-state index in [0.29, 0.717) is 30.0 Å². The van der Waals surface area contributed by atoms with Crippen molar-refractivity contribution in [2.45, 2.75) is 37.2 Å². The second-order valence-electron chi connectivity index (χ2n) is 5.81. The van der Waals surface area contributed by atoms with E-state index in [-0.39, 0.29) is 35.7 Å². The average molecular weight is 364 g/mol. The van der Waals surface area contributed by atoms with Crippen molar-refractivity contribution in [2.75, 3.05) is 18.7 Å². The smallest absolute Gasteiger partial charge is 0.244 e. The highest BCUT2D eigenvalue weighted by Gasteiger charge is 2.40. The molecule has 0 saturated carbocycles. The highest BCUT2D eigenvalue weighted by Crippen LogP contribution is 2.34. The lowest BCUT2D eigenvalue weighted by atomic mass is 10.2. The van der Waals surface area contributed by atoms with E-state index in [1.54, 1.807) is 18.2 Å². The van der Waals surface area contributed by atoms with E-state index in [0.717, 1.165) is 4.90 Å². The van der Waals surface area contributed by atoms with Crippen LogP contribution in [0.3, 0.4) is 0 Å². The summed E-state index contributed by atoms with van der Waals surface area (Å²) in [5.41, 5.74) is 0.527. The minimum atomic E-state index is -0.419. The number of thioether (sulfide) groups is 1. The van der Waals surface area contributed by atoms with Crippen LogP contribution >= 0.6 is 11.8 Å². The first-order valence-corrected chi connectivity index (χ1v) is 9.18. The molecule has 0 spiro atoms.